The van der Waals surface area contributed by atoms with E-state index in [0.717, 1.165) is 0 Å². The Morgan fingerprint density at radius 2 is 1.79 bits per heavy atom. The van der Waals surface area contributed by atoms with Gasteiger partial charge in [0.1, 0.15) is 5.75 Å². The van der Waals surface area contributed by atoms with Crippen LogP contribution in [0.25, 0.3) is 0 Å². The van der Waals surface area contributed by atoms with E-state index in [2.05, 4.69) is 5.32 Å². The van der Waals surface area contributed by atoms with Gasteiger partial charge in [-0.2, -0.15) is 0 Å². The number of halogens is 2. The summed E-state index contributed by atoms with van der Waals surface area (Å²) in [7, 11) is 0. The lowest BCUT2D eigenvalue weighted by Crippen LogP contribution is -2.31. The molecule has 0 saturated heterocycles. The van der Waals surface area contributed by atoms with E-state index in [1.165, 1.54) is 6.92 Å². The first-order valence-corrected chi connectivity index (χ1v) is 7.84. The second-order valence-corrected chi connectivity index (χ2v) is 5.75. The van der Waals surface area contributed by atoms with E-state index in [0.29, 0.717) is 21.5 Å². The number of anilines is 1. The molecule has 126 valence electrons. The van der Waals surface area contributed by atoms with Crippen LogP contribution in [0.4, 0.5) is 5.69 Å². The van der Waals surface area contributed by atoms with Crippen LogP contribution in [0.5, 0.6) is 5.75 Å². The Balaban J connectivity index is 1.80. The molecule has 0 aliphatic heterocycles. The van der Waals surface area contributed by atoms with Crippen molar-refractivity contribution in [2.24, 2.45) is 0 Å². The predicted molar refractivity (Wildman–Crippen MR) is 92.6 cm³/mol. The van der Waals surface area contributed by atoms with Crippen LogP contribution >= 0.6 is 23.2 Å². The van der Waals surface area contributed by atoms with E-state index in [-0.39, 0.29) is 6.61 Å². The SMILES string of the molecule is CC(OC(=O)COc1cccc(Cl)c1)C(=O)Nc1ccc(Cl)cc1. The highest BCUT2D eigenvalue weighted by atomic mass is 35.5. The van der Waals surface area contributed by atoms with Gasteiger partial charge in [0.2, 0.25) is 0 Å². The average molecular weight is 368 g/mol. The van der Waals surface area contributed by atoms with Gasteiger partial charge in [-0.3, -0.25) is 4.79 Å². The van der Waals surface area contributed by atoms with Crippen LogP contribution in [0.3, 0.4) is 0 Å². The van der Waals surface area contributed by atoms with Crippen LogP contribution in [0.15, 0.2) is 48.5 Å². The molecule has 0 bridgehead atoms. The minimum absolute atomic E-state index is 0.321. The van der Waals surface area contributed by atoms with Gasteiger partial charge >= 0.3 is 5.97 Å². The molecule has 2 rings (SSSR count). The van der Waals surface area contributed by atoms with E-state index in [1.54, 1.807) is 48.5 Å². The van der Waals surface area contributed by atoms with E-state index in [9.17, 15) is 9.59 Å². The van der Waals surface area contributed by atoms with Gasteiger partial charge in [0, 0.05) is 15.7 Å². The minimum Gasteiger partial charge on any atom is -0.482 e. The van der Waals surface area contributed by atoms with Crippen molar-refractivity contribution in [1.29, 1.82) is 0 Å². The molecule has 0 aliphatic carbocycles. The Labute approximate surface area is 149 Å². The summed E-state index contributed by atoms with van der Waals surface area (Å²) < 4.78 is 10.3. The lowest BCUT2D eigenvalue weighted by molar-refractivity contribution is -0.155. The van der Waals surface area contributed by atoms with Crippen LogP contribution in [-0.2, 0) is 14.3 Å². The van der Waals surface area contributed by atoms with Crippen molar-refractivity contribution in [3.8, 4) is 5.75 Å². The zero-order valence-corrected chi connectivity index (χ0v) is 14.3. The van der Waals surface area contributed by atoms with Crippen LogP contribution in [0, 0.1) is 0 Å². The molecule has 0 radical (unpaired) electrons. The van der Waals surface area contributed by atoms with Crippen molar-refractivity contribution in [2.75, 3.05) is 11.9 Å². The van der Waals surface area contributed by atoms with Gasteiger partial charge in [0.05, 0.1) is 0 Å². The average Bonchev–Trinajstić information content (AvgIpc) is 2.55. The van der Waals surface area contributed by atoms with E-state index in [1.807, 2.05) is 0 Å². The van der Waals surface area contributed by atoms with Crippen molar-refractivity contribution >= 4 is 40.8 Å². The Bertz CT molecular complexity index is 719. The molecule has 0 fully saturated rings. The van der Waals surface area contributed by atoms with Crippen molar-refractivity contribution in [3.05, 3.63) is 58.6 Å². The molecule has 0 spiro atoms. The number of ether oxygens (including phenoxy) is 2. The third-order valence-electron chi connectivity index (χ3n) is 2.94. The Morgan fingerprint density at radius 1 is 1.08 bits per heavy atom. The molecule has 1 amide bonds. The Morgan fingerprint density at radius 3 is 2.46 bits per heavy atom. The summed E-state index contributed by atoms with van der Waals surface area (Å²) in [6.07, 6.45) is -0.962. The molecule has 2 aromatic rings. The zero-order chi connectivity index (χ0) is 17.5. The number of hydrogen-bond donors (Lipinski definition) is 1. The van der Waals surface area contributed by atoms with Crippen molar-refractivity contribution in [2.45, 2.75) is 13.0 Å². The first kappa shape index (κ1) is 18.1. The molecule has 1 unspecified atom stereocenters. The standard InChI is InChI=1S/C17H15Cl2NO4/c1-11(17(22)20-14-7-5-12(18)6-8-14)24-16(21)10-23-15-4-2-3-13(19)9-15/h2-9,11H,10H2,1H3,(H,20,22). The van der Waals surface area contributed by atoms with Crippen LogP contribution in [0.2, 0.25) is 10.0 Å². The quantitative estimate of drug-likeness (QED) is 0.785. The lowest BCUT2D eigenvalue weighted by atomic mass is 10.3. The highest BCUT2D eigenvalue weighted by Crippen LogP contribution is 2.17. The summed E-state index contributed by atoms with van der Waals surface area (Å²) in [6, 6.07) is 13.2. The van der Waals surface area contributed by atoms with Crippen LogP contribution in [-0.4, -0.2) is 24.6 Å². The van der Waals surface area contributed by atoms with Crippen molar-refractivity contribution in [3.63, 3.8) is 0 Å². The van der Waals surface area contributed by atoms with Gasteiger partial charge < -0.3 is 14.8 Å². The van der Waals surface area contributed by atoms with E-state index < -0.39 is 18.0 Å². The topological polar surface area (TPSA) is 64.6 Å². The highest BCUT2D eigenvalue weighted by molar-refractivity contribution is 6.31. The number of carbonyl (C=O) groups is 2. The lowest BCUT2D eigenvalue weighted by Gasteiger charge is -2.14. The predicted octanol–water partition coefficient (Wildman–Crippen LogP) is 3.94. The number of nitrogens with one attached hydrogen (secondary N) is 1. The van der Waals surface area contributed by atoms with Crippen LogP contribution < -0.4 is 10.1 Å². The molecule has 1 N–H and O–H groups in total. The number of carbonyl (C=O) groups excluding carboxylic acids is 2. The maximum atomic E-state index is 12.0. The second kappa shape index (κ2) is 8.57. The fraction of sp³-hybridized carbons (Fsp3) is 0.176. The van der Waals surface area contributed by atoms with Crippen LogP contribution in [0.1, 0.15) is 6.92 Å². The molecular formula is C17H15Cl2NO4. The summed E-state index contributed by atoms with van der Waals surface area (Å²) in [5.41, 5.74) is 0.558. The third kappa shape index (κ3) is 5.76. The summed E-state index contributed by atoms with van der Waals surface area (Å²) in [5.74, 6) is -0.667. The molecule has 0 aromatic heterocycles. The number of amides is 1. The summed E-state index contributed by atoms with van der Waals surface area (Å²) in [6.45, 7) is 1.15. The Hall–Kier alpha value is -2.24. The largest absolute Gasteiger partial charge is 0.482 e. The molecule has 2 aromatic carbocycles. The molecule has 5 nitrogen and oxygen atoms in total. The third-order valence-corrected chi connectivity index (χ3v) is 3.43. The van der Waals surface area contributed by atoms with E-state index >= 15 is 0 Å². The molecule has 0 saturated carbocycles. The van der Waals surface area contributed by atoms with Gasteiger partial charge in [-0.25, -0.2) is 4.79 Å². The maximum Gasteiger partial charge on any atom is 0.344 e. The fourth-order valence-corrected chi connectivity index (χ4v) is 2.07. The van der Waals surface area contributed by atoms with Crippen molar-refractivity contribution in [1.82, 2.24) is 0 Å². The van der Waals surface area contributed by atoms with Gasteiger partial charge in [-0.1, -0.05) is 29.3 Å². The molecule has 0 heterocycles. The fourth-order valence-electron chi connectivity index (χ4n) is 1.76. The van der Waals surface area contributed by atoms with Gasteiger partial charge in [-0.05, 0) is 49.4 Å². The number of esters is 1. The van der Waals surface area contributed by atoms with Gasteiger partial charge in [0.15, 0.2) is 12.7 Å². The number of benzene rings is 2. The smallest absolute Gasteiger partial charge is 0.344 e. The van der Waals surface area contributed by atoms with Gasteiger partial charge in [0.25, 0.3) is 5.91 Å². The second-order valence-electron chi connectivity index (χ2n) is 4.87. The maximum absolute atomic E-state index is 12.0. The Kier molecular flexibility index (Phi) is 6.46. The first-order chi connectivity index (χ1) is 11.4. The molecular weight excluding hydrogens is 353 g/mol. The van der Waals surface area contributed by atoms with E-state index in [4.69, 9.17) is 32.7 Å². The summed E-state index contributed by atoms with van der Waals surface area (Å²) >= 11 is 11.6. The zero-order valence-electron chi connectivity index (χ0n) is 12.8. The minimum atomic E-state index is -0.962. The normalized spacial score (nSPS) is 11.5. The molecule has 24 heavy (non-hydrogen) atoms. The van der Waals surface area contributed by atoms with Crippen molar-refractivity contribution < 1.29 is 19.1 Å². The highest BCUT2D eigenvalue weighted by Gasteiger charge is 2.18. The molecule has 1 atom stereocenters. The number of hydrogen-bond acceptors (Lipinski definition) is 4. The summed E-state index contributed by atoms with van der Waals surface area (Å²) in [5, 5.41) is 3.68. The number of rotatable bonds is 6. The summed E-state index contributed by atoms with van der Waals surface area (Å²) in [4.78, 5) is 23.7. The first-order valence-electron chi connectivity index (χ1n) is 7.08. The van der Waals surface area contributed by atoms with Gasteiger partial charge in [-0.15, -0.1) is 0 Å². The molecule has 0 aliphatic rings. The monoisotopic (exact) mass is 367 g/mol. The molecule has 7 heteroatoms.